The van der Waals surface area contributed by atoms with Crippen LogP contribution in [0.15, 0.2) is 12.4 Å². The minimum Gasteiger partial charge on any atom is -0.453 e. The maximum absolute atomic E-state index is 13.4. The van der Waals surface area contributed by atoms with Crippen molar-refractivity contribution in [1.82, 2.24) is 50.2 Å². The number of carbonyl (C=O) groups excluding carboxylic acids is 6. The molecule has 18 nitrogen and oxygen atoms in total. The largest absolute Gasteiger partial charge is 0.453 e. The summed E-state index contributed by atoms with van der Waals surface area (Å²) in [6.07, 6.45) is 6.35. The number of H-pyrrole nitrogens is 2. The molecule has 2 aromatic rings. The van der Waals surface area contributed by atoms with E-state index in [1.54, 1.807) is 9.80 Å². The molecule has 2 saturated heterocycles. The highest BCUT2D eigenvalue weighted by Gasteiger charge is 2.40. The first kappa shape index (κ1) is 38.6. The molecule has 0 unspecified atom stereocenters. The van der Waals surface area contributed by atoms with Gasteiger partial charge in [-0.2, -0.15) is 0 Å². The number of piperidine rings is 2. The molecule has 0 bridgehead atoms. The monoisotopic (exact) mass is 714 g/mol. The van der Waals surface area contributed by atoms with Gasteiger partial charge in [0.15, 0.2) is 0 Å². The molecule has 2 aliphatic heterocycles. The molecule has 2 aliphatic rings. The van der Waals surface area contributed by atoms with E-state index in [0.717, 1.165) is 25.7 Å². The van der Waals surface area contributed by atoms with E-state index in [-0.39, 0.29) is 55.2 Å². The van der Waals surface area contributed by atoms with Crippen LogP contribution in [0, 0.1) is 5.41 Å². The van der Waals surface area contributed by atoms with Crippen LogP contribution in [0.25, 0.3) is 0 Å². The molecule has 0 radical (unpaired) electrons. The fourth-order valence-corrected chi connectivity index (χ4v) is 6.46. The van der Waals surface area contributed by atoms with Crippen LogP contribution in [0.2, 0.25) is 0 Å². The zero-order valence-corrected chi connectivity index (χ0v) is 29.9. The SMILES string of the molecule is CCCN(Cc1ncc(C(=O)N2CCC3(CC2)CCN(C(=O)c2cnc(CN(CCC)C(=O)CNC(=O)OC)[nH]2)CC3)[nH]1)C(=O)CNC(=O)OC. The van der Waals surface area contributed by atoms with Crippen molar-refractivity contribution in [2.45, 2.75) is 65.5 Å². The predicted molar refractivity (Wildman–Crippen MR) is 182 cm³/mol. The van der Waals surface area contributed by atoms with Gasteiger partial charge in [-0.3, -0.25) is 19.2 Å². The molecule has 4 heterocycles. The lowest BCUT2D eigenvalue weighted by Gasteiger charge is -2.46. The van der Waals surface area contributed by atoms with Crippen molar-refractivity contribution < 1.29 is 38.2 Å². The molecule has 1 spiro atoms. The fraction of sp³-hybridized carbons (Fsp3) is 0.636. The summed E-state index contributed by atoms with van der Waals surface area (Å²) in [5.74, 6) is 0.0900. The molecular formula is C33H50N10O8. The molecule has 280 valence electrons. The predicted octanol–water partition coefficient (Wildman–Crippen LogP) is 1.48. The van der Waals surface area contributed by atoms with Gasteiger partial charge in [-0.05, 0) is 43.9 Å². The first-order chi connectivity index (χ1) is 24.5. The summed E-state index contributed by atoms with van der Waals surface area (Å²) in [7, 11) is 2.46. The Hall–Kier alpha value is -5.16. The number of hydrogen-bond donors (Lipinski definition) is 4. The Balaban J connectivity index is 1.25. The first-order valence-electron chi connectivity index (χ1n) is 17.4. The normalized spacial score (nSPS) is 15.2. The Kier molecular flexibility index (Phi) is 13.8. The number of ether oxygens (including phenoxy) is 2. The molecule has 0 saturated carbocycles. The van der Waals surface area contributed by atoms with Crippen LogP contribution >= 0.6 is 0 Å². The third-order valence-corrected chi connectivity index (χ3v) is 9.45. The molecule has 0 aromatic carbocycles. The van der Waals surface area contributed by atoms with Crippen LogP contribution in [-0.2, 0) is 32.2 Å². The number of aromatic nitrogens is 4. The number of rotatable bonds is 14. The van der Waals surface area contributed by atoms with Crippen molar-refractivity contribution in [2.75, 3.05) is 66.6 Å². The van der Waals surface area contributed by atoms with Crippen LogP contribution < -0.4 is 10.6 Å². The van der Waals surface area contributed by atoms with E-state index in [4.69, 9.17) is 0 Å². The van der Waals surface area contributed by atoms with Crippen molar-refractivity contribution in [1.29, 1.82) is 0 Å². The number of alkyl carbamates (subject to hydrolysis) is 2. The van der Waals surface area contributed by atoms with Crippen LogP contribution in [0.5, 0.6) is 0 Å². The molecule has 2 aromatic heterocycles. The number of carbonyl (C=O) groups is 6. The standard InChI is InChI=1S/C33H50N10O8/c1-5-11-42(27(44)19-36-31(48)50-3)21-25-34-17-23(38-25)29(46)40-13-7-33(8-14-40)9-15-41(16-10-33)30(47)24-18-35-26(39-24)22-43(12-6-2)28(45)20-37-32(49)51-4/h17-18H,5-16,19-22H2,1-4H3,(H,34,38)(H,35,39)(H,36,48)(H,37,49). The molecule has 0 aliphatic carbocycles. The molecular weight excluding hydrogens is 664 g/mol. The number of methoxy groups -OCH3 is 2. The Morgan fingerprint density at radius 3 is 1.41 bits per heavy atom. The van der Waals surface area contributed by atoms with Crippen LogP contribution in [0.3, 0.4) is 0 Å². The number of likely N-dealkylation sites (tertiary alicyclic amines) is 2. The van der Waals surface area contributed by atoms with Crippen LogP contribution in [-0.4, -0.2) is 142 Å². The molecule has 51 heavy (non-hydrogen) atoms. The molecule has 2 fully saturated rings. The lowest BCUT2D eigenvalue weighted by molar-refractivity contribution is -0.131. The Morgan fingerprint density at radius 1 is 0.706 bits per heavy atom. The second-order valence-corrected chi connectivity index (χ2v) is 12.9. The van der Waals surface area contributed by atoms with E-state index >= 15 is 0 Å². The zero-order valence-electron chi connectivity index (χ0n) is 29.9. The third kappa shape index (κ3) is 10.4. The Bertz CT molecular complexity index is 1410. The molecule has 6 amide bonds. The van der Waals surface area contributed by atoms with Gasteiger partial charge in [0.05, 0.1) is 39.7 Å². The van der Waals surface area contributed by atoms with E-state index < -0.39 is 12.2 Å². The fourth-order valence-electron chi connectivity index (χ4n) is 6.46. The highest BCUT2D eigenvalue weighted by atomic mass is 16.5. The topological polar surface area (TPSA) is 215 Å². The number of imidazole rings is 2. The van der Waals surface area contributed by atoms with E-state index in [0.29, 0.717) is 75.1 Å². The average molecular weight is 715 g/mol. The lowest BCUT2D eigenvalue weighted by atomic mass is 9.71. The van der Waals surface area contributed by atoms with Gasteiger partial charge in [-0.15, -0.1) is 0 Å². The van der Waals surface area contributed by atoms with Gasteiger partial charge in [0.1, 0.15) is 36.1 Å². The minimum atomic E-state index is -0.688. The van der Waals surface area contributed by atoms with E-state index in [1.807, 2.05) is 23.6 Å². The average Bonchev–Trinajstić information content (AvgIpc) is 3.82. The summed E-state index contributed by atoms with van der Waals surface area (Å²) < 4.78 is 9.06. The lowest BCUT2D eigenvalue weighted by Crippen LogP contribution is -2.49. The number of nitrogens with zero attached hydrogens (tertiary/aromatic N) is 6. The van der Waals surface area contributed by atoms with E-state index in [9.17, 15) is 28.8 Å². The minimum absolute atomic E-state index is 0.0460. The summed E-state index contributed by atoms with van der Waals surface area (Å²) in [6, 6.07) is 0. The van der Waals surface area contributed by atoms with Crippen molar-refractivity contribution >= 4 is 35.8 Å². The molecule has 4 N–H and O–H groups in total. The van der Waals surface area contributed by atoms with Crippen molar-refractivity contribution in [2.24, 2.45) is 5.41 Å². The summed E-state index contributed by atoms with van der Waals surface area (Å²) >= 11 is 0. The van der Waals surface area contributed by atoms with Gasteiger partial charge in [0.25, 0.3) is 11.8 Å². The van der Waals surface area contributed by atoms with Gasteiger partial charge in [-0.25, -0.2) is 19.6 Å². The zero-order chi connectivity index (χ0) is 37.0. The number of nitrogens with one attached hydrogen (secondary N) is 4. The van der Waals surface area contributed by atoms with E-state index in [1.165, 1.54) is 26.6 Å². The third-order valence-electron chi connectivity index (χ3n) is 9.45. The maximum Gasteiger partial charge on any atom is 0.407 e. The second kappa shape index (κ2) is 18.2. The highest BCUT2D eigenvalue weighted by molar-refractivity contribution is 5.93. The summed E-state index contributed by atoms with van der Waals surface area (Å²) in [6.45, 7) is 7.11. The Labute approximate surface area is 297 Å². The smallest absolute Gasteiger partial charge is 0.407 e. The molecule has 4 rings (SSSR count). The van der Waals surface area contributed by atoms with Crippen molar-refractivity contribution in [3.05, 3.63) is 35.4 Å². The quantitative estimate of drug-likeness (QED) is 0.221. The van der Waals surface area contributed by atoms with Crippen molar-refractivity contribution in [3.8, 4) is 0 Å². The second-order valence-electron chi connectivity index (χ2n) is 12.9. The van der Waals surface area contributed by atoms with Gasteiger partial charge < -0.3 is 49.7 Å². The summed E-state index contributed by atoms with van der Waals surface area (Å²) in [4.78, 5) is 96.3. The summed E-state index contributed by atoms with van der Waals surface area (Å²) in [5, 5.41) is 4.79. The van der Waals surface area contributed by atoms with Crippen LogP contribution in [0.4, 0.5) is 9.59 Å². The number of hydrogen-bond acceptors (Lipinski definition) is 10. The van der Waals surface area contributed by atoms with Crippen molar-refractivity contribution in [3.63, 3.8) is 0 Å². The first-order valence-corrected chi connectivity index (χ1v) is 17.4. The van der Waals surface area contributed by atoms with Crippen LogP contribution in [0.1, 0.15) is 85.0 Å². The van der Waals surface area contributed by atoms with E-state index in [2.05, 4.69) is 40.0 Å². The number of amides is 6. The van der Waals surface area contributed by atoms with Gasteiger partial charge in [-0.1, -0.05) is 13.8 Å². The van der Waals surface area contributed by atoms with Gasteiger partial charge >= 0.3 is 12.2 Å². The number of aromatic amines is 2. The highest BCUT2D eigenvalue weighted by Crippen LogP contribution is 2.41. The molecule has 18 heteroatoms. The Morgan fingerprint density at radius 2 is 1.08 bits per heavy atom. The molecule has 0 atom stereocenters. The van der Waals surface area contributed by atoms with Gasteiger partial charge in [0.2, 0.25) is 11.8 Å². The summed E-state index contributed by atoms with van der Waals surface area (Å²) in [5.41, 5.74) is 0.762. The maximum atomic E-state index is 13.4. The van der Waals surface area contributed by atoms with Gasteiger partial charge in [0, 0.05) is 39.3 Å².